The maximum absolute atomic E-state index is 12.4. The molecule has 0 unspecified atom stereocenters. The molecule has 0 fully saturated rings. The normalized spacial score (nSPS) is 10.3. The number of H-pyrrole nitrogens is 1. The third-order valence-electron chi connectivity index (χ3n) is 4.09. The van der Waals surface area contributed by atoms with Crippen molar-refractivity contribution in [2.24, 2.45) is 0 Å². The first-order valence-corrected chi connectivity index (χ1v) is 8.33. The van der Waals surface area contributed by atoms with Crippen molar-refractivity contribution in [3.63, 3.8) is 0 Å². The fourth-order valence-electron chi connectivity index (χ4n) is 2.65. The monoisotopic (exact) mass is 367 g/mol. The van der Waals surface area contributed by atoms with Gasteiger partial charge in [-0.15, -0.1) is 0 Å². The van der Waals surface area contributed by atoms with Crippen LogP contribution >= 0.6 is 0 Å². The van der Waals surface area contributed by atoms with Crippen LogP contribution in [0.5, 0.6) is 17.2 Å². The Kier molecular flexibility index (Phi) is 5.61. The van der Waals surface area contributed by atoms with Gasteiger partial charge in [-0.1, -0.05) is 12.1 Å². The molecule has 1 aromatic heterocycles. The lowest BCUT2D eigenvalue weighted by Crippen LogP contribution is -2.23. The minimum absolute atomic E-state index is 0.246. The van der Waals surface area contributed by atoms with Gasteiger partial charge in [0, 0.05) is 18.2 Å². The topological polar surface area (TPSA) is 85.5 Å². The maximum Gasteiger partial charge on any atom is 0.269 e. The van der Waals surface area contributed by atoms with Crippen LogP contribution in [0.2, 0.25) is 0 Å². The van der Waals surface area contributed by atoms with Gasteiger partial charge in [0.2, 0.25) is 0 Å². The Morgan fingerprint density at radius 2 is 1.78 bits per heavy atom. The van der Waals surface area contributed by atoms with E-state index in [-0.39, 0.29) is 5.91 Å². The molecule has 0 spiro atoms. The van der Waals surface area contributed by atoms with E-state index in [0.717, 1.165) is 16.9 Å². The van der Waals surface area contributed by atoms with Crippen molar-refractivity contribution in [3.8, 4) is 28.5 Å². The molecule has 1 heterocycles. The molecule has 27 heavy (non-hydrogen) atoms. The van der Waals surface area contributed by atoms with E-state index >= 15 is 0 Å². The quantitative estimate of drug-likeness (QED) is 0.670. The number of aromatic amines is 1. The average Bonchev–Trinajstić information content (AvgIpc) is 3.21. The van der Waals surface area contributed by atoms with Crippen LogP contribution in [-0.4, -0.2) is 37.4 Å². The van der Waals surface area contributed by atoms with Crippen molar-refractivity contribution < 1.29 is 19.0 Å². The molecule has 0 bridgehead atoms. The lowest BCUT2D eigenvalue weighted by atomic mass is 10.1. The fraction of sp³-hybridized carbons (Fsp3) is 0.200. The summed E-state index contributed by atoms with van der Waals surface area (Å²) in [5, 5.41) is 9.86. The second-order valence-corrected chi connectivity index (χ2v) is 5.77. The van der Waals surface area contributed by atoms with E-state index in [1.807, 2.05) is 36.4 Å². The predicted molar refractivity (Wildman–Crippen MR) is 101 cm³/mol. The highest BCUT2D eigenvalue weighted by molar-refractivity contribution is 5.93. The standard InChI is InChI=1S/C20H21N3O4/c1-25-14-6-4-5-13(9-14)12-21-20(24)18-11-17(22-23-18)16-8-7-15(26-2)10-19(16)27-3/h4-11H,12H2,1-3H3,(H,21,24)(H,22,23). The molecule has 140 valence electrons. The molecule has 2 N–H and O–H groups in total. The lowest BCUT2D eigenvalue weighted by molar-refractivity contribution is 0.0946. The summed E-state index contributed by atoms with van der Waals surface area (Å²) >= 11 is 0. The van der Waals surface area contributed by atoms with Crippen LogP contribution in [-0.2, 0) is 6.54 Å². The van der Waals surface area contributed by atoms with Gasteiger partial charge in [0.1, 0.15) is 22.9 Å². The van der Waals surface area contributed by atoms with Gasteiger partial charge in [-0.05, 0) is 35.9 Å². The van der Waals surface area contributed by atoms with Gasteiger partial charge in [0.15, 0.2) is 0 Å². The Bertz CT molecular complexity index is 936. The number of carbonyl (C=O) groups is 1. The van der Waals surface area contributed by atoms with Crippen molar-refractivity contribution in [2.75, 3.05) is 21.3 Å². The smallest absolute Gasteiger partial charge is 0.269 e. The Morgan fingerprint density at radius 1 is 1.00 bits per heavy atom. The Labute approximate surface area is 157 Å². The summed E-state index contributed by atoms with van der Waals surface area (Å²) in [6, 6.07) is 14.6. The third kappa shape index (κ3) is 4.20. The zero-order chi connectivity index (χ0) is 19.2. The average molecular weight is 367 g/mol. The Morgan fingerprint density at radius 3 is 2.52 bits per heavy atom. The third-order valence-corrected chi connectivity index (χ3v) is 4.09. The summed E-state index contributed by atoms with van der Waals surface area (Å²) in [7, 11) is 4.78. The van der Waals surface area contributed by atoms with Crippen molar-refractivity contribution in [2.45, 2.75) is 6.54 Å². The molecule has 1 amide bonds. The number of amides is 1. The summed E-state index contributed by atoms with van der Waals surface area (Å²) in [6.45, 7) is 0.385. The van der Waals surface area contributed by atoms with Crippen LogP contribution in [0.4, 0.5) is 0 Å². The second-order valence-electron chi connectivity index (χ2n) is 5.77. The molecule has 7 heteroatoms. The summed E-state index contributed by atoms with van der Waals surface area (Å²) in [6.07, 6.45) is 0. The van der Waals surface area contributed by atoms with E-state index in [0.29, 0.717) is 29.4 Å². The minimum atomic E-state index is -0.246. The Balaban J connectivity index is 1.72. The summed E-state index contributed by atoms with van der Waals surface area (Å²) < 4.78 is 15.8. The van der Waals surface area contributed by atoms with Crippen LogP contribution in [0.1, 0.15) is 16.1 Å². The largest absolute Gasteiger partial charge is 0.497 e. The van der Waals surface area contributed by atoms with Gasteiger partial charge in [0.05, 0.1) is 27.0 Å². The van der Waals surface area contributed by atoms with E-state index < -0.39 is 0 Å². The number of ether oxygens (including phenoxy) is 3. The molecule has 0 atom stereocenters. The van der Waals surface area contributed by atoms with Crippen LogP contribution in [0.15, 0.2) is 48.5 Å². The number of rotatable bonds is 7. The number of benzene rings is 2. The fourth-order valence-corrected chi connectivity index (χ4v) is 2.65. The zero-order valence-corrected chi connectivity index (χ0v) is 15.4. The number of methoxy groups -OCH3 is 3. The van der Waals surface area contributed by atoms with Gasteiger partial charge in [-0.3, -0.25) is 9.89 Å². The highest BCUT2D eigenvalue weighted by Crippen LogP contribution is 2.32. The summed E-state index contributed by atoms with van der Waals surface area (Å²) in [5.41, 5.74) is 2.69. The van der Waals surface area contributed by atoms with Crippen LogP contribution in [0.25, 0.3) is 11.3 Å². The molecule has 0 radical (unpaired) electrons. The van der Waals surface area contributed by atoms with E-state index in [1.165, 1.54) is 0 Å². The first kappa shape index (κ1) is 18.3. The van der Waals surface area contributed by atoms with E-state index in [1.54, 1.807) is 33.5 Å². The lowest BCUT2D eigenvalue weighted by Gasteiger charge is -2.08. The molecular weight excluding hydrogens is 346 g/mol. The highest BCUT2D eigenvalue weighted by Gasteiger charge is 2.14. The van der Waals surface area contributed by atoms with Gasteiger partial charge >= 0.3 is 0 Å². The van der Waals surface area contributed by atoms with Crippen LogP contribution < -0.4 is 19.5 Å². The zero-order valence-electron chi connectivity index (χ0n) is 15.4. The summed E-state index contributed by atoms with van der Waals surface area (Å²) in [5.74, 6) is 1.80. The molecule has 0 aliphatic carbocycles. The number of nitrogens with one attached hydrogen (secondary N) is 2. The van der Waals surface area contributed by atoms with Gasteiger partial charge in [-0.25, -0.2) is 0 Å². The molecule has 0 aliphatic rings. The number of nitrogens with zero attached hydrogens (tertiary/aromatic N) is 1. The Hall–Kier alpha value is -3.48. The molecular formula is C20H21N3O4. The molecule has 0 aliphatic heterocycles. The second kappa shape index (κ2) is 8.27. The van der Waals surface area contributed by atoms with E-state index in [9.17, 15) is 4.79 Å². The number of carbonyl (C=O) groups excluding carboxylic acids is 1. The number of aromatic nitrogens is 2. The molecule has 2 aromatic carbocycles. The van der Waals surface area contributed by atoms with Crippen molar-refractivity contribution in [1.82, 2.24) is 15.5 Å². The molecule has 0 saturated heterocycles. The highest BCUT2D eigenvalue weighted by atomic mass is 16.5. The number of hydrogen-bond acceptors (Lipinski definition) is 5. The number of hydrogen-bond donors (Lipinski definition) is 2. The van der Waals surface area contributed by atoms with Gasteiger partial charge < -0.3 is 19.5 Å². The van der Waals surface area contributed by atoms with Crippen LogP contribution in [0.3, 0.4) is 0 Å². The van der Waals surface area contributed by atoms with Gasteiger partial charge in [0.25, 0.3) is 5.91 Å². The van der Waals surface area contributed by atoms with E-state index in [2.05, 4.69) is 15.5 Å². The molecule has 3 rings (SSSR count). The van der Waals surface area contributed by atoms with Crippen molar-refractivity contribution in [1.29, 1.82) is 0 Å². The minimum Gasteiger partial charge on any atom is -0.497 e. The molecule has 7 nitrogen and oxygen atoms in total. The SMILES string of the molecule is COc1cccc(CNC(=O)c2cc(-c3ccc(OC)cc3OC)n[nH]2)c1. The first-order valence-electron chi connectivity index (χ1n) is 8.33. The van der Waals surface area contributed by atoms with Crippen molar-refractivity contribution >= 4 is 5.91 Å². The van der Waals surface area contributed by atoms with Crippen LogP contribution in [0, 0.1) is 0 Å². The first-order chi connectivity index (χ1) is 13.1. The molecule has 3 aromatic rings. The predicted octanol–water partition coefficient (Wildman–Crippen LogP) is 3.03. The summed E-state index contributed by atoms with van der Waals surface area (Å²) in [4.78, 5) is 12.4. The molecule has 0 saturated carbocycles. The van der Waals surface area contributed by atoms with Crippen molar-refractivity contribution in [3.05, 3.63) is 59.8 Å². The van der Waals surface area contributed by atoms with E-state index in [4.69, 9.17) is 14.2 Å². The maximum atomic E-state index is 12.4. The van der Waals surface area contributed by atoms with Gasteiger partial charge in [-0.2, -0.15) is 5.10 Å².